The van der Waals surface area contributed by atoms with Crippen LogP contribution in [0.1, 0.15) is 0 Å². The Balaban J connectivity index is 2.43. The molecule has 0 unspecified atom stereocenters. The number of rotatable bonds is 2. The first-order valence-corrected chi connectivity index (χ1v) is 7.32. The van der Waals surface area contributed by atoms with Crippen LogP contribution < -0.4 is 11.2 Å². The summed E-state index contributed by atoms with van der Waals surface area (Å²) >= 11 is 1.63. The molecule has 0 amide bonds. The van der Waals surface area contributed by atoms with Gasteiger partial charge in [-0.05, 0) is 24.0 Å². The van der Waals surface area contributed by atoms with E-state index in [4.69, 9.17) is 0 Å². The zero-order valence-corrected chi connectivity index (χ0v) is 11.6. The van der Waals surface area contributed by atoms with Gasteiger partial charge < -0.3 is 4.98 Å². The molecule has 0 aliphatic rings. The minimum Gasteiger partial charge on any atom is -0.306 e. The number of hydrogen-bond donors (Lipinski definition) is 2. The minimum absolute atomic E-state index is 0.368. The molecule has 2 N–H and O–H groups in total. The summed E-state index contributed by atoms with van der Waals surface area (Å²) in [6.45, 7) is 0. The second-order valence-electron chi connectivity index (χ2n) is 4.34. The maximum absolute atomic E-state index is 11.9. The van der Waals surface area contributed by atoms with Crippen molar-refractivity contribution in [3.8, 4) is 11.1 Å². The Morgan fingerprint density at radius 1 is 0.900 bits per heavy atom. The Morgan fingerprint density at radius 2 is 1.65 bits per heavy atom. The van der Waals surface area contributed by atoms with Crippen LogP contribution in [0.2, 0.25) is 0 Å². The molecule has 0 saturated heterocycles. The Morgan fingerprint density at radius 3 is 2.45 bits per heavy atom. The molecule has 0 aliphatic heterocycles. The lowest BCUT2D eigenvalue weighted by molar-refractivity contribution is 1.08. The van der Waals surface area contributed by atoms with Crippen molar-refractivity contribution < 1.29 is 0 Å². The van der Waals surface area contributed by atoms with E-state index in [0.717, 1.165) is 16.0 Å². The van der Waals surface area contributed by atoms with Crippen LogP contribution in [0.4, 0.5) is 0 Å². The van der Waals surface area contributed by atoms with Gasteiger partial charge in [0.05, 0.1) is 10.9 Å². The lowest BCUT2D eigenvalue weighted by Crippen LogP contribution is -2.22. The summed E-state index contributed by atoms with van der Waals surface area (Å²) < 4.78 is 0. The van der Waals surface area contributed by atoms with Crippen LogP contribution in [0.3, 0.4) is 0 Å². The summed E-state index contributed by atoms with van der Waals surface area (Å²) in [5.41, 5.74) is 1.58. The molecule has 0 atom stereocenters. The number of H-pyrrole nitrogens is 2. The molecule has 0 bridgehead atoms. The van der Waals surface area contributed by atoms with Crippen LogP contribution in [0, 0.1) is 0 Å². The molecule has 0 aliphatic carbocycles. The van der Waals surface area contributed by atoms with Crippen LogP contribution in [-0.2, 0) is 0 Å². The Labute approximate surface area is 118 Å². The Kier molecular flexibility index (Phi) is 3.20. The monoisotopic (exact) mass is 284 g/mol. The highest BCUT2D eigenvalue weighted by atomic mass is 32.2. The number of aromatic amines is 2. The number of aromatic nitrogens is 2. The van der Waals surface area contributed by atoms with E-state index in [1.165, 1.54) is 0 Å². The maximum atomic E-state index is 11.9. The van der Waals surface area contributed by atoms with E-state index in [1.54, 1.807) is 17.8 Å². The van der Waals surface area contributed by atoms with Crippen molar-refractivity contribution in [3.63, 3.8) is 0 Å². The fraction of sp³-hybridized carbons (Fsp3) is 0.0667. The molecule has 100 valence electrons. The molecule has 0 saturated carbocycles. The second kappa shape index (κ2) is 5.02. The van der Waals surface area contributed by atoms with Crippen LogP contribution in [-0.4, -0.2) is 16.2 Å². The van der Waals surface area contributed by atoms with Gasteiger partial charge in [0.2, 0.25) is 0 Å². The first-order chi connectivity index (χ1) is 9.70. The van der Waals surface area contributed by atoms with Gasteiger partial charge in [-0.25, -0.2) is 4.79 Å². The molecule has 20 heavy (non-hydrogen) atoms. The molecule has 0 radical (unpaired) electrons. The van der Waals surface area contributed by atoms with Crippen molar-refractivity contribution in [2.45, 2.75) is 4.90 Å². The largest absolute Gasteiger partial charge is 0.326 e. The number of para-hydroxylation sites is 1. The van der Waals surface area contributed by atoms with E-state index in [2.05, 4.69) is 9.97 Å². The third-order valence-corrected chi connectivity index (χ3v) is 3.97. The summed E-state index contributed by atoms with van der Waals surface area (Å²) in [4.78, 5) is 29.5. The molecule has 5 heteroatoms. The van der Waals surface area contributed by atoms with E-state index < -0.39 is 5.69 Å². The van der Waals surface area contributed by atoms with Crippen molar-refractivity contribution in [2.24, 2.45) is 0 Å². The first-order valence-electron chi connectivity index (χ1n) is 6.09. The normalized spacial score (nSPS) is 10.8. The fourth-order valence-corrected chi connectivity index (χ4v) is 2.90. The molecular formula is C15H12N2O2S. The SMILES string of the molecule is CSc1ccccc1-c1cccc2c(=O)[nH]c(=O)[nH]c12. The average molecular weight is 284 g/mol. The van der Waals surface area contributed by atoms with Crippen LogP contribution >= 0.6 is 11.8 Å². The predicted molar refractivity (Wildman–Crippen MR) is 82.4 cm³/mol. The third-order valence-electron chi connectivity index (χ3n) is 3.17. The highest BCUT2D eigenvalue weighted by Crippen LogP contribution is 2.32. The highest BCUT2D eigenvalue weighted by molar-refractivity contribution is 7.98. The zero-order valence-electron chi connectivity index (χ0n) is 10.8. The molecule has 0 fully saturated rings. The van der Waals surface area contributed by atoms with Gasteiger partial charge in [-0.15, -0.1) is 11.8 Å². The molecule has 2 aromatic carbocycles. The van der Waals surface area contributed by atoms with E-state index in [9.17, 15) is 9.59 Å². The fourth-order valence-electron chi connectivity index (χ4n) is 2.28. The van der Waals surface area contributed by atoms with E-state index in [0.29, 0.717) is 10.9 Å². The summed E-state index contributed by atoms with van der Waals surface area (Å²) in [5, 5.41) is 0.484. The molecule has 3 aromatic rings. The van der Waals surface area contributed by atoms with Crippen molar-refractivity contribution in [3.05, 3.63) is 63.3 Å². The molecule has 4 nitrogen and oxygen atoms in total. The van der Waals surface area contributed by atoms with Crippen molar-refractivity contribution in [1.82, 2.24) is 9.97 Å². The van der Waals surface area contributed by atoms with Gasteiger partial charge in [-0.1, -0.05) is 30.3 Å². The molecule has 1 aromatic heterocycles. The molecule has 1 heterocycles. The van der Waals surface area contributed by atoms with Gasteiger partial charge in [0.15, 0.2) is 0 Å². The lowest BCUT2D eigenvalue weighted by atomic mass is 10.0. The minimum atomic E-state index is -0.489. The first kappa shape index (κ1) is 12.7. The quantitative estimate of drug-likeness (QED) is 0.711. The number of thioether (sulfide) groups is 1. The topological polar surface area (TPSA) is 65.7 Å². The summed E-state index contributed by atoms with van der Waals surface area (Å²) in [7, 11) is 0. The summed E-state index contributed by atoms with van der Waals surface area (Å²) in [5.74, 6) is 0. The molecular weight excluding hydrogens is 272 g/mol. The summed E-state index contributed by atoms with van der Waals surface area (Å²) in [6.07, 6.45) is 2.00. The average Bonchev–Trinajstić information content (AvgIpc) is 2.46. The second-order valence-corrected chi connectivity index (χ2v) is 5.18. The summed E-state index contributed by atoms with van der Waals surface area (Å²) in [6, 6.07) is 13.4. The van der Waals surface area contributed by atoms with Gasteiger partial charge in [0.1, 0.15) is 0 Å². The number of hydrogen-bond acceptors (Lipinski definition) is 3. The Bertz CT molecular complexity index is 896. The van der Waals surface area contributed by atoms with Crippen molar-refractivity contribution in [2.75, 3.05) is 6.26 Å². The predicted octanol–water partition coefficient (Wildman–Crippen LogP) is 2.61. The number of nitrogens with one attached hydrogen (secondary N) is 2. The zero-order chi connectivity index (χ0) is 14.1. The van der Waals surface area contributed by atoms with Crippen LogP contribution in [0.5, 0.6) is 0 Å². The van der Waals surface area contributed by atoms with Crippen LogP contribution in [0.25, 0.3) is 22.0 Å². The van der Waals surface area contributed by atoms with Gasteiger partial charge in [0.25, 0.3) is 5.56 Å². The standard InChI is InChI=1S/C15H12N2O2S/c1-20-12-8-3-2-5-9(12)10-6-4-7-11-13(10)16-15(19)17-14(11)18/h2-8H,1H3,(H2,16,17,18,19). The van der Waals surface area contributed by atoms with Gasteiger partial charge in [0, 0.05) is 10.5 Å². The van der Waals surface area contributed by atoms with Gasteiger partial charge in [-0.2, -0.15) is 0 Å². The smallest absolute Gasteiger partial charge is 0.306 e. The Hall–Kier alpha value is -2.27. The van der Waals surface area contributed by atoms with Gasteiger partial charge in [-0.3, -0.25) is 9.78 Å². The van der Waals surface area contributed by atoms with Crippen LogP contribution in [0.15, 0.2) is 56.9 Å². The van der Waals surface area contributed by atoms with Crippen molar-refractivity contribution >= 4 is 22.7 Å². The van der Waals surface area contributed by atoms with Crippen molar-refractivity contribution in [1.29, 1.82) is 0 Å². The maximum Gasteiger partial charge on any atom is 0.326 e. The highest BCUT2D eigenvalue weighted by Gasteiger charge is 2.10. The van der Waals surface area contributed by atoms with E-state index >= 15 is 0 Å². The van der Waals surface area contributed by atoms with Gasteiger partial charge >= 0.3 is 5.69 Å². The molecule has 0 spiro atoms. The van der Waals surface area contributed by atoms with E-state index in [1.807, 2.05) is 42.7 Å². The van der Waals surface area contributed by atoms with E-state index in [-0.39, 0.29) is 5.56 Å². The lowest BCUT2D eigenvalue weighted by Gasteiger charge is -2.09. The number of fused-ring (bicyclic) bond motifs is 1. The molecule has 3 rings (SSSR count). The third kappa shape index (κ3) is 2.06. The number of benzene rings is 2.